The normalized spacial score (nSPS) is 12.8. The van der Waals surface area contributed by atoms with Crippen molar-refractivity contribution in [3.8, 4) is 0 Å². The molecule has 20 heavy (non-hydrogen) atoms. The average Bonchev–Trinajstić information content (AvgIpc) is 2.73. The molecule has 1 atom stereocenters. The zero-order valence-corrected chi connectivity index (χ0v) is 11.2. The summed E-state index contributed by atoms with van der Waals surface area (Å²) in [6.07, 6.45) is -2.13. The number of aliphatic hydroxyl groups is 1. The van der Waals surface area contributed by atoms with Crippen LogP contribution in [-0.2, 0) is 7.05 Å². The first kappa shape index (κ1) is 14.9. The average molecular weight is 358 g/mol. The van der Waals surface area contributed by atoms with Gasteiger partial charge in [0.25, 0.3) is 0 Å². The van der Waals surface area contributed by atoms with Gasteiger partial charge in [-0.25, -0.2) is 26.6 Å². The van der Waals surface area contributed by atoms with Crippen molar-refractivity contribution in [3.05, 3.63) is 44.9 Å². The summed E-state index contributed by atoms with van der Waals surface area (Å²) in [5, 5.41) is 16.8. The number of nitrogens with zero attached hydrogens (tertiary/aromatic N) is 3. The van der Waals surface area contributed by atoms with Crippen molar-refractivity contribution in [3.63, 3.8) is 0 Å². The quantitative estimate of drug-likeness (QED) is 0.510. The Morgan fingerprint density at radius 1 is 1.00 bits per heavy atom. The fourth-order valence-electron chi connectivity index (χ4n) is 1.63. The lowest BCUT2D eigenvalue weighted by Gasteiger charge is -2.14. The standard InChI is InChI=1S/C10H5BrF5N3O/c1-19-8(10(11)17-18-19)9(20)2-3(12)5(14)7(16)6(15)4(2)13/h9,20H,1H3. The summed E-state index contributed by atoms with van der Waals surface area (Å²) in [4.78, 5) is 0. The van der Waals surface area contributed by atoms with Crippen LogP contribution in [0.1, 0.15) is 17.4 Å². The highest BCUT2D eigenvalue weighted by Gasteiger charge is 2.32. The van der Waals surface area contributed by atoms with E-state index in [2.05, 4.69) is 26.2 Å². The Hall–Kier alpha value is -1.55. The van der Waals surface area contributed by atoms with Gasteiger partial charge in [-0.05, 0) is 15.9 Å². The van der Waals surface area contributed by atoms with Crippen LogP contribution in [0.5, 0.6) is 0 Å². The van der Waals surface area contributed by atoms with E-state index in [1.54, 1.807) is 0 Å². The number of hydrogen-bond acceptors (Lipinski definition) is 3. The van der Waals surface area contributed by atoms with Gasteiger partial charge < -0.3 is 5.11 Å². The van der Waals surface area contributed by atoms with Crippen molar-refractivity contribution in [2.45, 2.75) is 6.10 Å². The molecule has 1 heterocycles. The summed E-state index contributed by atoms with van der Waals surface area (Å²) in [7, 11) is 1.28. The van der Waals surface area contributed by atoms with E-state index >= 15 is 0 Å². The molecule has 0 aliphatic heterocycles. The van der Waals surface area contributed by atoms with Crippen LogP contribution >= 0.6 is 15.9 Å². The van der Waals surface area contributed by atoms with Crippen LogP contribution in [0.2, 0.25) is 0 Å². The number of hydrogen-bond donors (Lipinski definition) is 1. The van der Waals surface area contributed by atoms with Gasteiger partial charge in [0, 0.05) is 7.05 Å². The second kappa shape index (κ2) is 5.09. The number of aliphatic hydroxyl groups excluding tert-OH is 1. The largest absolute Gasteiger partial charge is 0.382 e. The Labute approximate surface area is 117 Å². The van der Waals surface area contributed by atoms with Gasteiger partial charge in [-0.1, -0.05) is 5.21 Å². The number of aryl methyl sites for hydroxylation is 1. The van der Waals surface area contributed by atoms with E-state index in [1.807, 2.05) is 0 Å². The van der Waals surface area contributed by atoms with E-state index in [0.29, 0.717) is 0 Å². The molecule has 0 spiro atoms. The van der Waals surface area contributed by atoms with Gasteiger partial charge in [0.15, 0.2) is 27.9 Å². The summed E-state index contributed by atoms with van der Waals surface area (Å²) in [5.74, 6) is -10.8. The molecular formula is C10H5BrF5N3O. The van der Waals surface area contributed by atoms with Gasteiger partial charge in [0.05, 0.1) is 5.56 Å². The maximum Gasteiger partial charge on any atom is 0.200 e. The second-order valence-electron chi connectivity index (χ2n) is 3.78. The van der Waals surface area contributed by atoms with E-state index in [9.17, 15) is 27.1 Å². The fraction of sp³-hybridized carbons (Fsp3) is 0.200. The molecule has 1 N–H and O–H groups in total. The van der Waals surface area contributed by atoms with Crippen LogP contribution in [0.3, 0.4) is 0 Å². The van der Waals surface area contributed by atoms with Crippen LogP contribution in [0.15, 0.2) is 4.60 Å². The minimum Gasteiger partial charge on any atom is -0.382 e. The molecule has 0 bridgehead atoms. The van der Waals surface area contributed by atoms with Crippen molar-refractivity contribution in [2.75, 3.05) is 0 Å². The lowest BCUT2D eigenvalue weighted by atomic mass is 10.0. The number of rotatable bonds is 2. The molecule has 0 saturated heterocycles. The molecule has 1 aromatic carbocycles. The molecule has 2 rings (SSSR count). The van der Waals surface area contributed by atoms with Crippen molar-refractivity contribution >= 4 is 15.9 Å². The summed E-state index contributed by atoms with van der Waals surface area (Å²) >= 11 is 2.85. The molecule has 4 nitrogen and oxygen atoms in total. The van der Waals surface area contributed by atoms with Crippen molar-refractivity contribution in [1.82, 2.24) is 15.0 Å². The Morgan fingerprint density at radius 2 is 1.45 bits per heavy atom. The van der Waals surface area contributed by atoms with E-state index < -0.39 is 40.8 Å². The van der Waals surface area contributed by atoms with Crippen molar-refractivity contribution in [1.29, 1.82) is 0 Å². The molecular weight excluding hydrogens is 353 g/mol. The van der Waals surface area contributed by atoms with E-state index in [4.69, 9.17) is 0 Å². The minimum absolute atomic E-state index is 0.0866. The summed E-state index contributed by atoms with van der Waals surface area (Å²) in [6, 6.07) is 0. The van der Waals surface area contributed by atoms with Crippen LogP contribution in [0.4, 0.5) is 22.0 Å². The second-order valence-corrected chi connectivity index (χ2v) is 4.53. The van der Waals surface area contributed by atoms with Gasteiger partial charge in [-0.3, -0.25) is 0 Å². The molecule has 108 valence electrons. The SMILES string of the molecule is Cn1nnc(Br)c1C(O)c1c(F)c(F)c(F)c(F)c1F. The first-order chi connectivity index (χ1) is 9.27. The topological polar surface area (TPSA) is 50.9 Å². The van der Waals surface area contributed by atoms with Crippen LogP contribution in [0, 0.1) is 29.1 Å². The minimum atomic E-state index is -2.29. The number of aromatic nitrogens is 3. The Balaban J connectivity index is 2.71. The molecule has 0 aliphatic carbocycles. The van der Waals surface area contributed by atoms with E-state index in [0.717, 1.165) is 4.68 Å². The van der Waals surface area contributed by atoms with Crippen LogP contribution in [-0.4, -0.2) is 20.1 Å². The lowest BCUT2D eigenvalue weighted by molar-refractivity contribution is 0.192. The predicted octanol–water partition coefficient (Wildman–Crippen LogP) is 2.35. The maximum absolute atomic E-state index is 13.6. The van der Waals surface area contributed by atoms with Crippen molar-refractivity contribution in [2.24, 2.45) is 7.05 Å². The number of benzene rings is 1. The summed E-state index contributed by atoms with van der Waals surface area (Å²) in [5.41, 5.74) is -1.62. The molecule has 0 radical (unpaired) electrons. The predicted molar refractivity (Wildman–Crippen MR) is 59.0 cm³/mol. The van der Waals surface area contributed by atoms with Crippen LogP contribution in [0.25, 0.3) is 0 Å². The first-order valence-corrected chi connectivity index (χ1v) is 5.81. The summed E-state index contributed by atoms with van der Waals surface area (Å²) < 4.78 is 67.1. The van der Waals surface area contributed by atoms with Gasteiger partial charge in [-0.15, -0.1) is 5.10 Å². The van der Waals surface area contributed by atoms with E-state index in [1.165, 1.54) is 7.05 Å². The molecule has 2 aromatic rings. The molecule has 0 fully saturated rings. The highest BCUT2D eigenvalue weighted by Crippen LogP contribution is 2.33. The van der Waals surface area contributed by atoms with Crippen LogP contribution < -0.4 is 0 Å². The maximum atomic E-state index is 13.6. The molecule has 1 aromatic heterocycles. The fourth-order valence-corrected chi connectivity index (χ4v) is 2.17. The zero-order chi connectivity index (χ0) is 15.2. The Morgan fingerprint density at radius 3 is 1.85 bits per heavy atom. The van der Waals surface area contributed by atoms with Gasteiger partial charge in [0.2, 0.25) is 5.82 Å². The smallest absolute Gasteiger partial charge is 0.200 e. The number of halogens is 6. The van der Waals surface area contributed by atoms with Gasteiger partial charge in [0.1, 0.15) is 11.8 Å². The third-order valence-electron chi connectivity index (χ3n) is 2.60. The zero-order valence-electron chi connectivity index (χ0n) is 9.63. The third-order valence-corrected chi connectivity index (χ3v) is 3.17. The van der Waals surface area contributed by atoms with Gasteiger partial charge in [-0.2, -0.15) is 0 Å². The molecule has 0 saturated carbocycles. The Kier molecular flexibility index (Phi) is 3.78. The lowest BCUT2D eigenvalue weighted by Crippen LogP contribution is -2.15. The molecule has 0 amide bonds. The molecule has 10 heteroatoms. The first-order valence-electron chi connectivity index (χ1n) is 5.01. The summed E-state index contributed by atoms with van der Waals surface area (Å²) in [6.45, 7) is 0. The Bertz CT molecular complexity index is 642. The third kappa shape index (κ3) is 2.08. The molecule has 0 aliphatic rings. The van der Waals surface area contributed by atoms with E-state index in [-0.39, 0.29) is 10.3 Å². The molecule has 1 unspecified atom stereocenters. The monoisotopic (exact) mass is 357 g/mol. The highest BCUT2D eigenvalue weighted by molar-refractivity contribution is 9.10. The highest BCUT2D eigenvalue weighted by atomic mass is 79.9. The van der Waals surface area contributed by atoms with Gasteiger partial charge >= 0.3 is 0 Å². The van der Waals surface area contributed by atoms with Crippen molar-refractivity contribution < 1.29 is 27.1 Å².